The van der Waals surface area contributed by atoms with Crippen LogP contribution in [0.5, 0.6) is 40.2 Å². The summed E-state index contributed by atoms with van der Waals surface area (Å²) in [6, 6.07) is 34.0. The number of benzene rings is 7. The number of hydrogen-bond donors (Lipinski definition) is 5. The Morgan fingerprint density at radius 2 is 0.707 bits per heavy atom. The fraction of sp³-hybridized carbons (Fsp3) is 0.505. The van der Waals surface area contributed by atoms with Crippen LogP contribution in [0, 0.1) is 22.7 Å². The van der Waals surface area contributed by atoms with Gasteiger partial charge in [0.2, 0.25) is 22.3 Å². The van der Waals surface area contributed by atoms with Crippen molar-refractivity contribution in [3.8, 4) is 52.4 Å². The first-order valence-corrected chi connectivity index (χ1v) is 50.7. The molecule has 0 spiro atoms. The predicted molar refractivity (Wildman–Crippen MR) is 522 cm³/mol. The number of nitrogens with zero attached hydrogens (tertiary/aromatic N) is 2. The maximum absolute atomic E-state index is 11.6. The number of carbonyl (C=O) groups excluding carboxylic acids is 5. The van der Waals surface area contributed by atoms with Gasteiger partial charge in [-0.1, -0.05) is 76.2 Å². The molecule has 0 radical (unpaired) electrons. The van der Waals surface area contributed by atoms with Crippen LogP contribution in [0.15, 0.2) is 97.1 Å². The van der Waals surface area contributed by atoms with Crippen LogP contribution in [0.1, 0.15) is 285 Å². The van der Waals surface area contributed by atoms with E-state index in [2.05, 4.69) is 95.6 Å². The van der Waals surface area contributed by atoms with Gasteiger partial charge in [-0.3, -0.25) is 28.5 Å². The zero-order valence-corrected chi connectivity index (χ0v) is 83.5. The molecule has 8 N–H and O–H groups in total. The molecule has 0 saturated heterocycles. The smallest absolute Gasteiger partial charge is 1.00 e. The fourth-order valence-electron chi connectivity index (χ4n) is 20.9. The number of nitrogens with one attached hydrogen (secondary N) is 2. The number of ketones is 1. The monoisotopic (exact) mass is 1880 g/mol. The predicted octanol–water partition coefficient (Wildman–Crippen LogP) is 16.5. The van der Waals surface area contributed by atoms with Gasteiger partial charge >= 0.3 is 37.2 Å². The van der Waals surface area contributed by atoms with E-state index >= 15 is 0 Å². The van der Waals surface area contributed by atoms with Gasteiger partial charge in [-0.2, -0.15) is 10.5 Å². The largest absolute Gasteiger partial charge is 1.00 e. The molecule has 0 saturated carbocycles. The Bertz CT molecular complexity index is 5260. The van der Waals surface area contributed by atoms with E-state index in [-0.39, 0.29) is 59.4 Å². The molecule has 133 heavy (non-hydrogen) atoms. The minimum Gasteiger partial charge on any atom is -1.00 e. The van der Waals surface area contributed by atoms with Crippen LogP contribution in [0.4, 0.5) is 0 Å². The molecule has 14 aliphatic rings. The minimum absolute atomic E-state index is 0. The molecule has 0 aromatic heterocycles. The fourth-order valence-corrected chi connectivity index (χ4v) is 22.1. The van der Waals surface area contributed by atoms with Gasteiger partial charge in [0.1, 0.15) is 46.4 Å². The SMILES string of the molecule is CCC(=O)Cl.CCC(=O)Cl.CCC(=O)NCCC1CCc2ccc3c(c21)CCO3.CCC(=O)NCCC1CCc2ccc3c(c21)CCO3.CCOP(=O)(CC#N)OCC.N#C/C=C1\CCc2ccc3c(c21)CCO3.NC/C=C1\CCc2ccc3c(c21)CCO3.NCCC1CCc2ccc3c(c21)CCO3.NCCC1CCc2ccc3c(c21)CCO3.O=C1CCc2ccc3c(c21)CCO3.[H-].[Na+]. The summed E-state index contributed by atoms with van der Waals surface area (Å²) in [4.78, 5) is 53.3. The van der Waals surface area contributed by atoms with Gasteiger partial charge in [-0.05, 0) is 309 Å². The van der Waals surface area contributed by atoms with Crippen molar-refractivity contribution >= 4 is 70.0 Å². The molecule has 4 atom stereocenters. The van der Waals surface area contributed by atoms with Crippen LogP contribution in [0.3, 0.4) is 0 Å². The summed E-state index contributed by atoms with van der Waals surface area (Å²) in [5.41, 5.74) is 49.3. The van der Waals surface area contributed by atoms with E-state index in [4.69, 9.17) is 93.1 Å². The zero-order chi connectivity index (χ0) is 93.6. The molecule has 0 bridgehead atoms. The molecule has 0 fully saturated rings. The zero-order valence-electron chi connectivity index (χ0n) is 80.1. The number of aryl methyl sites for hydroxylation is 7. The summed E-state index contributed by atoms with van der Waals surface area (Å²) in [5, 5.41) is 22.4. The van der Waals surface area contributed by atoms with Gasteiger partial charge in [-0.15, -0.1) is 0 Å². The number of nitrogens with two attached hydrogens (primary N) is 3. The summed E-state index contributed by atoms with van der Waals surface area (Å²) in [7, 11) is -3.08. The number of allylic oxidation sites excluding steroid dienone is 3. The van der Waals surface area contributed by atoms with E-state index in [0.717, 1.165) is 227 Å². The van der Waals surface area contributed by atoms with E-state index in [0.29, 0.717) is 81.3 Å². The summed E-state index contributed by atoms with van der Waals surface area (Å²) >= 11 is 9.65. The summed E-state index contributed by atoms with van der Waals surface area (Å²) in [6.07, 6.45) is 33.1. The Hall–Kier alpha value is -8.84. The number of rotatable bonds is 20. The standard InChI is InChI=1S/2C16H21NO2.2C13H17NO.C13H15NO.C13H11NO.C11H10O2.C6H12NO3P.2C3H5ClO.Na.H/c2*1-2-15(18)17-9-7-12-4-3-11-5-6-14-13(16(11)12)8-10-19-14;4*14-7-5-10-2-1-9-3-4-12-11(13(9)10)6-8-15-12;12-9-3-1-7-2-4-10-8(11(7)9)5-6-13-10;1-3-9-11(8,6-5-7)10-4-2;2*1-2-3(4)5;;/h2*5-6,12H,2-4,7-10H2,1H3,(H,17,18);2*3-4,10H,1-2,5-8,14H2;3-5H,1-2,6-8,14H2;3-5H,1-2,6,8H2;2,4H,1,3,5-6H2;3-4,6H2,1-2H3;2*2H2,1H3;;/q;;;;;;;;;;+1;-1/b;;;;2*10-5+;;;;;;. The Morgan fingerprint density at radius 3 is 1.02 bits per heavy atom. The Morgan fingerprint density at radius 1 is 0.414 bits per heavy atom. The first-order valence-electron chi connectivity index (χ1n) is 48.3. The van der Waals surface area contributed by atoms with E-state index in [1.54, 1.807) is 51.0 Å². The Balaban J connectivity index is 0.000000157. The molecular formula is C107H135Cl2N7NaO15P. The number of halogens is 2. The topological polar surface area (TPSA) is 335 Å². The Labute approximate surface area is 820 Å². The number of ether oxygens (including phenoxy) is 7. The number of nitriles is 2. The average molecular weight is 1880 g/mol. The molecule has 7 aliphatic heterocycles. The molecule has 7 heterocycles. The third-order valence-electron chi connectivity index (χ3n) is 26.9. The van der Waals surface area contributed by atoms with Gasteiger partial charge in [-0.25, -0.2) is 0 Å². The van der Waals surface area contributed by atoms with Crippen molar-refractivity contribution in [1.82, 2.24) is 10.6 Å². The maximum atomic E-state index is 11.6. The van der Waals surface area contributed by atoms with Crippen molar-refractivity contribution in [2.45, 2.75) is 251 Å². The van der Waals surface area contributed by atoms with Crippen molar-refractivity contribution < 1.29 is 102 Å². The molecule has 7 aliphatic carbocycles. The number of hydrogen-bond acceptors (Lipinski definition) is 20. The van der Waals surface area contributed by atoms with Gasteiger partial charge in [0, 0.05) is 147 Å². The second-order valence-corrected chi connectivity index (χ2v) is 37.7. The van der Waals surface area contributed by atoms with Crippen molar-refractivity contribution in [1.29, 1.82) is 10.5 Å². The minimum atomic E-state index is -3.08. The average Bonchev–Trinajstić information content (AvgIpc) is 2.23. The van der Waals surface area contributed by atoms with Crippen LogP contribution in [0.25, 0.3) is 11.1 Å². The molecular weight excluding hydrogens is 1750 g/mol. The molecule has 26 heteroatoms. The summed E-state index contributed by atoms with van der Waals surface area (Å²) < 4.78 is 60.1. The molecule has 21 rings (SSSR count). The van der Waals surface area contributed by atoms with Crippen LogP contribution in [0.2, 0.25) is 0 Å². The van der Waals surface area contributed by atoms with Crippen LogP contribution >= 0.6 is 30.8 Å². The number of amides is 2. The number of Topliss-reactive ketones (excluding diaryl/α,β-unsaturated/α-hetero) is 1. The Kier molecular flexibility index (Phi) is 41.3. The van der Waals surface area contributed by atoms with Crippen molar-refractivity contribution in [3.63, 3.8) is 0 Å². The van der Waals surface area contributed by atoms with Gasteiger partial charge < -0.3 is 71.5 Å². The number of carbonyl (C=O) groups is 5. The summed E-state index contributed by atoms with van der Waals surface area (Å²) in [6.45, 7) is 20.8. The molecule has 2 amide bonds. The van der Waals surface area contributed by atoms with E-state index in [1.807, 2.05) is 26.0 Å². The van der Waals surface area contributed by atoms with Gasteiger partial charge in [0.25, 0.3) is 0 Å². The molecule has 708 valence electrons. The molecule has 4 unspecified atom stereocenters. The number of fused-ring (bicyclic) bond motifs is 21. The molecule has 7 aromatic rings. The quantitative estimate of drug-likeness (QED) is 0.0205. The first kappa shape index (κ1) is 105. The van der Waals surface area contributed by atoms with Crippen molar-refractivity contribution in [2.24, 2.45) is 17.2 Å². The van der Waals surface area contributed by atoms with E-state index in [1.165, 1.54) is 157 Å². The second kappa shape index (κ2) is 52.5. The van der Waals surface area contributed by atoms with Crippen LogP contribution in [-0.2, 0) is 123 Å². The summed E-state index contributed by atoms with van der Waals surface area (Å²) in [5.74, 6) is 10.6. The normalized spacial score (nSPS) is 18.4. The van der Waals surface area contributed by atoms with E-state index in [9.17, 15) is 28.5 Å². The molecule has 7 aromatic carbocycles. The van der Waals surface area contributed by atoms with Crippen LogP contribution in [-0.4, -0.2) is 126 Å². The van der Waals surface area contributed by atoms with Crippen molar-refractivity contribution in [2.75, 3.05) is 98.3 Å². The maximum Gasteiger partial charge on any atom is 1.00 e. The third-order valence-corrected chi connectivity index (χ3v) is 29.2. The van der Waals surface area contributed by atoms with Crippen molar-refractivity contribution in [3.05, 3.63) is 214 Å². The first-order chi connectivity index (χ1) is 64.3. The van der Waals surface area contributed by atoms with Gasteiger partial charge in [0.05, 0.1) is 71.6 Å². The van der Waals surface area contributed by atoms with Gasteiger partial charge in [0.15, 0.2) is 5.78 Å². The molecule has 22 nitrogen and oxygen atoms in total. The van der Waals surface area contributed by atoms with E-state index < -0.39 is 7.60 Å². The third kappa shape index (κ3) is 26.9. The second-order valence-electron chi connectivity index (χ2n) is 34.8. The van der Waals surface area contributed by atoms with Crippen LogP contribution < -0.4 is 90.5 Å².